The van der Waals surface area contributed by atoms with Gasteiger partial charge in [0.05, 0.1) is 18.3 Å². The minimum Gasteiger partial charge on any atom is -0.436 e. The zero-order valence-corrected chi connectivity index (χ0v) is 24.5. The highest BCUT2D eigenvalue weighted by Gasteiger charge is 2.40. The fraction of sp³-hybridized carbons (Fsp3) is 0.500. The number of nitrogens with one attached hydrogen (secondary N) is 1. The highest BCUT2D eigenvalue weighted by atomic mass is 35.5. The van der Waals surface area contributed by atoms with Crippen molar-refractivity contribution >= 4 is 49.0 Å². The second-order valence-corrected chi connectivity index (χ2v) is 14.0. The summed E-state index contributed by atoms with van der Waals surface area (Å²) in [6.07, 6.45) is 1.21. The summed E-state index contributed by atoms with van der Waals surface area (Å²) in [6, 6.07) is 7.31. The number of carbonyl (C=O) groups excluding carboxylic acids is 1. The monoisotopic (exact) mass is 590 g/mol. The summed E-state index contributed by atoms with van der Waals surface area (Å²) in [4.78, 5) is 21.5. The topological polar surface area (TPSA) is 123 Å². The first kappa shape index (κ1) is 28.0. The molecule has 13 heteroatoms. The molecule has 0 saturated carbocycles. The number of oxazole rings is 1. The third-order valence-electron chi connectivity index (χ3n) is 7.13. The van der Waals surface area contributed by atoms with E-state index in [1.165, 1.54) is 15.6 Å². The average Bonchev–Trinajstić information content (AvgIpc) is 3.47. The number of rotatable bonds is 7. The standard InChI is InChI=1S/C26H31ClN6O4S2/c1-16-11-21-22(13-29-16)37-24(30-21)25(34)33-10-9-32(14-18(33)5-4-8-28)39(35,36)26-20(15-31(2)3)19-7-6-17(27)12-23(19)38-26/h6-7,12,16,18,29H,4-5,9-11,13-15H2,1-3H3. The number of nitriles is 1. The number of hydrogen-bond acceptors (Lipinski definition) is 9. The summed E-state index contributed by atoms with van der Waals surface area (Å²) in [5.74, 6) is 0.301. The summed E-state index contributed by atoms with van der Waals surface area (Å²) < 4.78 is 36.4. The number of fused-ring (bicyclic) bond motifs is 2. The Labute approximate surface area is 237 Å². The van der Waals surface area contributed by atoms with E-state index in [1.54, 1.807) is 17.0 Å². The highest BCUT2D eigenvalue weighted by Crippen LogP contribution is 2.39. The number of nitrogens with zero attached hydrogens (tertiary/aromatic N) is 5. The van der Waals surface area contributed by atoms with Gasteiger partial charge < -0.3 is 19.5 Å². The van der Waals surface area contributed by atoms with E-state index >= 15 is 0 Å². The maximum Gasteiger partial charge on any atom is 0.310 e. The molecule has 3 aromatic rings. The largest absolute Gasteiger partial charge is 0.436 e. The first-order chi connectivity index (χ1) is 18.6. The molecule has 4 heterocycles. The van der Waals surface area contributed by atoms with Gasteiger partial charge in [0.1, 0.15) is 9.97 Å². The minimum atomic E-state index is -3.88. The molecule has 1 saturated heterocycles. The molecule has 10 nitrogen and oxygen atoms in total. The quantitative estimate of drug-likeness (QED) is 0.444. The number of sulfonamides is 1. The summed E-state index contributed by atoms with van der Waals surface area (Å²) in [7, 11) is -0.0829. The molecule has 39 heavy (non-hydrogen) atoms. The van der Waals surface area contributed by atoms with Gasteiger partial charge in [-0.3, -0.25) is 4.79 Å². The van der Waals surface area contributed by atoms with Gasteiger partial charge in [-0.2, -0.15) is 9.57 Å². The zero-order chi connectivity index (χ0) is 27.9. The van der Waals surface area contributed by atoms with Gasteiger partial charge in [-0.15, -0.1) is 11.3 Å². The summed E-state index contributed by atoms with van der Waals surface area (Å²) >= 11 is 7.42. The van der Waals surface area contributed by atoms with Crippen LogP contribution in [0.5, 0.6) is 0 Å². The number of aromatic nitrogens is 1. The van der Waals surface area contributed by atoms with Crippen LogP contribution in [0.4, 0.5) is 0 Å². The second-order valence-electron chi connectivity index (χ2n) is 10.3. The maximum absolute atomic E-state index is 14.1. The van der Waals surface area contributed by atoms with Crippen molar-refractivity contribution in [1.29, 1.82) is 5.26 Å². The molecule has 1 N–H and O–H groups in total. The van der Waals surface area contributed by atoms with Crippen molar-refractivity contribution in [3.8, 4) is 6.07 Å². The molecule has 0 radical (unpaired) electrons. The molecule has 0 aliphatic carbocycles. The number of halogens is 1. The van der Waals surface area contributed by atoms with Crippen molar-refractivity contribution in [2.45, 2.75) is 55.6 Å². The second kappa shape index (κ2) is 11.2. The Kier molecular flexibility index (Phi) is 8.01. The van der Waals surface area contributed by atoms with Crippen molar-refractivity contribution in [2.24, 2.45) is 0 Å². The van der Waals surface area contributed by atoms with E-state index < -0.39 is 16.1 Å². The smallest absolute Gasteiger partial charge is 0.310 e. The summed E-state index contributed by atoms with van der Waals surface area (Å²) in [5.41, 5.74) is 1.51. The molecular weight excluding hydrogens is 560 g/mol. The van der Waals surface area contributed by atoms with Gasteiger partial charge in [0.25, 0.3) is 15.9 Å². The van der Waals surface area contributed by atoms with Crippen LogP contribution in [0.15, 0.2) is 26.8 Å². The van der Waals surface area contributed by atoms with E-state index in [0.29, 0.717) is 36.7 Å². The predicted molar refractivity (Wildman–Crippen MR) is 149 cm³/mol. The van der Waals surface area contributed by atoms with Crippen LogP contribution in [0, 0.1) is 11.3 Å². The fourth-order valence-corrected chi connectivity index (χ4v) is 8.85. The number of piperazine rings is 1. The van der Waals surface area contributed by atoms with E-state index in [4.69, 9.17) is 16.0 Å². The van der Waals surface area contributed by atoms with Crippen LogP contribution in [-0.4, -0.2) is 79.2 Å². The van der Waals surface area contributed by atoms with Gasteiger partial charge in [0.15, 0.2) is 0 Å². The van der Waals surface area contributed by atoms with Crippen molar-refractivity contribution in [3.05, 3.63) is 46.1 Å². The molecule has 2 atom stereocenters. The lowest BCUT2D eigenvalue weighted by Crippen LogP contribution is -2.56. The summed E-state index contributed by atoms with van der Waals surface area (Å²) in [5, 5.41) is 14.0. The molecule has 208 valence electrons. The molecule has 2 aromatic heterocycles. The first-order valence-corrected chi connectivity index (χ1v) is 15.5. The van der Waals surface area contributed by atoms with Crippen LogP contribution in [0.2, 0.25) is 5.02 Å². The van der Waals surface area contributed by atoms with Gasteiger partial charge in [-0.1, -0.05) is 17.7 Å². The molecule has 0 spiro atoms. The summed E-state index contributed by atoms with van der Waals surface area (Å²) in [6.45, 7) is 3.41. The third-order valence-corrected chi connectivity index (χ3v) is 11.0. The van der Waals surface area contributed by atoms with Crippen LogP contribution in [0.3, 0.4) is 0 Å². The molecule has 2 unspecified atom stereocenters. The number of amides is 1. The Morgan fingerprint density at radius 3 is 2.90 bits per heavy atom. The minimum absolute atomic E-state index is 0.0174. The number of benzene rings is 1. The average molecular weight is 591 g/mol. The van der Waals surface area contributed by atoms with E-state index in [-0.39, 0.29) is 48.1 Å². The van der Waals surface area contributed by atoms with E-state index in [0.717, 1.165) is 21.3 Å². The van der Waals surface area contributed by atoms with E-state index in [2.05, 4.69) is 16.4 Å². The molecule has 0 bridgehead atoms. The zero-order valence-electron chi connectivity index (χ0n) is 22.1. The molecule has 1 amide bonds. The highest BCUT2D eigenvalue weighted by molar-refractivity contribution is 7.91. The molecule has 2 aliphatic heterocycles. The maximum atomic E-state index is 14.1. The SMILES string of the molecule is CC1Cc2nc(C(=O)N3CCN(S(=O)(=O)c4sc5cc(Cl)ccc5c4CN(C)C)CC3CCC#N)oc2CN1. The van der Waals surface area contributed by atoms with Gasteiger partial charge >= 0.3 is 5.91 Å². The van der Waals surface area contributed by atoms with Crippen molar-refractivity contribution in [3.63, 3.8) is 0 Å². The molecule has 5 rings (SSSR count). The Balaban J connectivity index is 1.44. The Bertz CT molecular complexity index is 1540. The van der Waals surface area contributed by atoms with Crippen LogP contribution >= 0.6 is 22.9 Å². The third kappa shape index (κ3) is 5.57. The van der Waals surface area contributed by atoms with Crippen LogP contribution < -0.4 is 5.32 Å². The Hall–Kier alpha value is -2.53. The molecule has 2 aliphatic rings. The molecule has 1 aromatic carbocycles. The normalized spacial score (nSPS) is 20.4. The van der Waals surface area contributed by atoms with Crippen molar-refractivity contribution < 1.29 is 17.6 Å². The number of hydrogen-bond donors (Lipinski definition) is 1. The number of thiophene rings is 1. The van der Waals surface area contributed by atoms with E-state index in [1.807, 2.05) is 32.0 Å². The molecule has 1 fully saturated rings. The first-order valence-electron chi connectivity index (χ1n) is 12.8. The van der Waals surface area contributed by atoms with Gasteiger partial charge in [0, 0.05) is 66.4 Å². The predicted octanol–water partition coefficient (Wildman–Crippen LogP) is 3.46. The lowest BCUT2D eigenvalue weighted by molar-refractivity contribution is 0.0512. The van der Waals surface area contributed by atoms with E-state index in [9.17, 15) is 18.5 Å². The molecular formula is C26H31ClN6O4S2. The van der Waals surface area contributed by atoms with Gasteiger partial charge in [0.2, 0.25) is 0 Å². The Morgan fingerprint density at radius 1 is 1.36 bits per heavy atom. The van der Waals surface area contributed by atoms with Crippen LogP contribution in [0.1, 0.15) is 47.5 Å². The van der Waals surface area contributed by atoms with Crippen molar-refractivity contribution in [2.75, 3.05) is 33.7 Å². The fourth-order valence-electron chi connectivity index (χ4n) is 5.21. The van der Waals surface area contributed by atoms with Crippen LogP contribution in [0.25, 0.3) is 10.1 Å². The Morgan fingerprint density at radius 2 is 2.15 bits per heavy atom. The lowest BCUT2D eigenvalue weighted by Gasteiger charge is -2.40. The van der Waals surface area contributed by atoms with Crippen molar-refractivity contribution in [1.82, 2.24) is 24.4 Å². The lowest BCUT2D eigenvalue weighted by atomic mass is 10.1. The van der Waals surface area contributed by atoms with Crippen LogP contribution in [-0.2, 0) is 29.5 Å². The van der Waals surface area contributed by atoms with Gasteiger partial charge in [-0.05, 0) is 45.0 Å². The number of carbonyl (C=O) groups is 1. The van der Waals surface area contributed by atoms with Gasteiger partial charge in [-0.25, -0.2) is 13.4 Å².